The second-order valence-corrected chi connectivity index (χ2v) is 4.66. The van der Waals surface area contributed by atoms with Crippen molar-refractivity contribution in [3.63, 3.8) is 0 Å². The molecule has 1 rings (SSSR count). The van der Waals surface area contributed by atoms with Crippen LogP contribution in [0, 0.1) is 5.92 Å². The van der Waals surface area contributed by atoms with Crippen LogP contribution in [0.15, 0.2) is 18.2 Å². The molecule has 0 aliphatic heterocycles. The molecule has 1 aromatic rings. The van der Waals surface area contributed by atoms with E-state index in [1.54, 1.807) is 7.05 Å². The number of hydrogen-bond acceptors (Lipinski definition) is 4. The molecule has 0 radical (unpaired) electrons. The van der Waals surface area contributed by atoms with Crippen molar-refractivity contribution in [1.82, 2.24) is 4.90 Å². The summed E-state index contributed by atoms with van der Waals surface area (Å²) in [6, 6.07) is 3.94. The minimum Gasteiger partial charge on any atom is -0.504 e. The zero-order valence-corrected chi connectivity index (χ0v) is 11.1. The van der Waals surface area contributed by atoms with E-state index in [4.69, 9.17) is 18.0 Å². The van der Waals surface area contributed by atoms with E-state index < -0.39 is 0 Å². The number of carbonyl (C=O) groups is 1. The van der Waals surface area contributed by atoms with Crippen LogP contribution in [0.5, 0.6) is 11.5 Å². The molecule has 0 aliphatic carbocycles. The number of phenols is 2. The van der Waals surface area contributed by atoms with Crippen LogP contribution in [0.3, 0.4) is 0 Å². The summed E-state index contributed by atoms with van der Waals surface area (Å²) in [4.78, 5) is 13.8. The molecule has 0 aromatic heterocycles. The van der Waals surface area contributed by atoms with Crippen molar-refractivity contribution in [2.75, 3.05) is 13.6 Å². The average Bonchev–Trinajstić information content (AvgIpc) is 2.31. The number of hydrogen-bond donors (Lipinski definition) is 3. The van der Waals surface area contributed by atoms with Gasteiger partial charge in [0.05, 0.1) is 4.99 Å². The predicted octanol–water partition coefficient (Wildman–Crippen LogP) is 1.09. The lowest BCUT2D eigenvalue weighted by molar-refractivity contribution is 0.0786. The first-order valence-corrected chi connectivity index (χ1v) is 5.80. The van der Waals surface area contributed by atoms with Crippen LogP contribution in [0.1, 0.15) is 17.3 Å². The van der Waals surface area contributed by atoms with Gasteiger partial charge in [-0.25, -0.2) is 0 Å². The standard InChI is InChI=1S/C12H16N2O3S/c1-7(11(13)18)6-14(2)12(17)8-3-4-9(15)10(16)5-8/h3-5,7,15-16H,6H2,1-2H3,(H2,13,18). The Morgan fingerprint density at radius 3 is 2.56 bits per heavy atom. The van der Waals surface area contributed by atoms with Gasteiger partial charge in [-0.1, -0.05) is 19.1 Å². The summed E-state index contributed by atoms with van der Waals surface area (Å²) in [5.41, 5.74) is 5.78. The van der Waals surface area contributed by atoms with Crippen LogP contribution in [-0.4, -0.2) is 39.6 Å². The number of nitrogens with two attached hydrogens (primary N) is 1. The number of thiocarbonyl (C=S) groups is 1. The molecule has 1 unspecified atom stereocenters. The Morgan fingerprint density at radius 2 is 2.06 bits per heavy atom. The second-order valence-electron chi connectivity index (χ2n) is 4.19. The van der Waals surface area contributed by atoms with Crippen LogP contribution < -0.4 is 5.73 Å². The molecule has 0 bridgehead atoms. The molecule has 0 fully saturated rings. The fraction of sp³-hybridized carbons (Fsp3) is 0.333. The number of benzene rings is 1. The molecule has 98 valence electrons. The Kier molecular flexibility index (Phi) is 4.49. The highest BCUT2D eigenvalue weighted by atomic mass is 32.1. The largest absolute Gasteiger partial charge is 0.504 e. The third kappa shape index (κ3) is 3.33. The molecule has 0 spiro atoms. The molecule has 4 N–H and O–H groups in total. The van der Waals surface area contributed by atoms with Gasteiger partial charge >= 0.3 is 0 Å². The SMILES string of the molecule is CC(CN(C)C(=O)c1ccc(O)c(O)c1)C(N)=S. The molecule has 0 saturated carbocycles. The van der Waals surface area contributed by atoms with E-state index in [0.717, 1.165) is 0 Å². The molecule has 1 aromatic carbocycles. The summed E-state index contributed by atoms with van der Waals surface area (Å²) in [6.45, 7) is 2.23. The Morgan fingerprint density at radius 1 is 1.44 bits per heavy atom. The molecule has 0 heterocycles. The third-order valence-corrected chi connectivity index (χ3v) is 3.00. The van der Waals surface area contributed by atoms with E-state index in [0.29, 0.717) is 17.1 Å². The quantitative estimate of drug-likeness (QED) is 0.562. The third-order valence-electron chi connectivity index (χ3n) is 2.60. The van der Waals surface area contributed by atoms with Crippen molar-refractivity contribution in [1.29, 1.82) is 0 Å². The molecule has 0 aliphatic rings. The lowest BCUT2D eigenvalue weighted by atomic mass is 10.1. The molecular weight excluding hydrogens is 252 g/mol. The van der Waals surface area contributed by atoms with Crippen molar-refractivity contribution in [3.05, 3.63) is 23.8 Å². The van der Waals surface area contributed by atoms with E-state index in [2.05, 4.69) is 0 Å². The van der Waals surface area contributed by atoms with Gasteiger partial charge in [0.15, 0.2) is 11.5 Å². The summed E-state index contributed by atoms with van der Waals surface area (Å²) in [7, 11) is 1.63. The number of aromatic hydroxyl groups is 2. The van der Waals surface area contributed by atoms with Gasteiger partial charge in [-0.05, 0) is 18.2 Å². The van der Waals surface area contributed by atoms with E-state index in [9.17, 15) is 15.0 Å². The highest BCUT2D eigenvalue weighted by Crippen LogP contribution is 2.25. The van der Waals surface area contributed by atoms with Crippen molar-refractivity contribution >= 4 is 23.1 Å². The predicted molar refractivity (Wildman–Crippen MR) is 72.7 cm³/mol. The van der Waals surface area contributed by atoms with Crippen LogP contribution in [0.2, 0.25) is 0 Å². The summed E-state index contributed by atoms with van der Waals surface area (Å²) >= 11 is 4.84. The van der Waals surface area contributed by atoms with Gasteiger partial charge in [0.25, 0.3) is 5.91 Å². The van der Waals surface area contributed by atoms with Gasteiger partial charge in [0.1, 0.15) is 0 Å². The number of phenolic OH excluding ortho intramolecular Hbond substituents is 2. The van der Waals surface area contributed by atoms with Crippen LogP contribution >= 0.6 is 12.2 Å². The molecule has 5 nitrogen and oxygen atoms in total. The fourth-order valence-electron chi connectivity index (χ4n) is 1.46. The van der Waals surface area contributed by atoms with E-state index >= 15 is 0 Å². The van der Waals surface area contributed by atoms with Crippen molar-refractivity contribution in [2.24, 2.45) is 11.7 Å². The van der Waals surface area contributed by atoms with E-state index in [1.807, 2.05) is 6.92 Å². The molecular formula is C12H16N2O3S. The lowest BCUT2D eigenvalue weighted by Gasteiger charge is -2.21. The molecule has 0 saturated heterocycles. The van der Waals surface area contributed by atoms with Crippen molar-refractivity contribution in [3.8, 4) is 11.5 Å². The Hall–Kier alpha value is -1.82. The number of amides is 1. The average molecular weight is 268 g/mol. The van der Waals surface area contributed by atoms with Gasteiger partial charge in [0.2, 0.25) is 0 Å². The topological polar surface area (TPSA) is 86.8 Å². The summed E-state index contributed by atoms with van der Waals surface area (Å²) in [5.74, 6) is -0.935. The van der Waals surface area contributed by atoms with Gasteiger partial charge < -0.3 is 20.8 Å². The maximum Gasteiger partial charge on any atom is 0.253 e. The summed E-state index contributed by atoms with van der Waals surface area (Å²) < 4.78 is 0. The maximum absolute atomic E-state index is 12.0. The zero-order valence-electron chi connectivity index (χ0n) is 10.3. The minimum absolute atomic E-state index is 0.0836. The number of carbonyl (C=O) groups excluding carboxylic acids is 1. The van der Waals surface area contributed by atoms with Crippen LogP contribution in [0.25, 0.3) is 0 Å². The Bertz CT molecular complexity index is 476. The monoisotopic (exact) mass is 268 g/mol. The smallest absolute Gasteiger partial charge is 0.253 e. The normalized spacial score (nSPS) is 11.9. The van der Waals surface area contributed by atoms with E-state index in [1.165, 1.54) is 23.1 Å². The minimum atomic E-state index is -0.323. The van der Waals surface area contributed by atoms with Crippen molar-refractivity contribution in [2.45, 2.75) is 6.92 Å². The molecule has 1 amide bonds. The van der Waals surface area contributed by atoms with Gasteiger partial charge in [-0.15, -0.1) is 0 Å². The lowest BCUT2D eigenvalue weighted by Crippen LogP contribution is -2.35. The summed E-state index contributed by atoms with van der Waals surface area (Å²) in [6.07, 6.45) is 0. The Balaban J connectivity index is 2.80. The van der Waals surface area contributed by atoms with Gasteiger partial charge in [-0.2, -0.15) is 0 Å². The number of nitrogens with zero attached hydrogens (tertiary/aromatic N) is 1. The maximum atomic E-state index is 12.0. The van der Waals surface area contributed by atoms with Gasteiger partial charge in [0, 0.05) is 25.1 Å². The van der Waals surface area contributed by atoms with Crippen molar-refractivity contribution < 1.29 is 15.0 Å². The van der Waals surface area contributed by atoms with Gasteiger partial charge in [-0.3, -0.25) is 4.79 Å². The highest BCUT2D eigenvalue weighted by molar-refractivity contribution is 7.80. The first-order chi connectivity index (χ1) is 8.32. The highest BCUT2D eigenvalue weighted by Gasteiger charge is 2.16. The molecule has 18 heavy (non-hydrogen) atoms. The van der Waals surface area contributed by atoms with Crippen LogP contribution in [0.4, 0.5) is 0 Å². The molecule has 6 heteroatoms. The van der Waals surface area contributed by atoms with Crippen LogP contribution in [-0.2, 0) is 0 Å². The Labute approximate surface area is 111 Å². The van der Waals surface area contributed by atoms with E-state index in [-0.39, 0.29) is 23.3 Å². The first kappa shape index (κ1) is 14.2. The summed E-state index contributed by atoms with van der Waals surface area (Å²) in [5, 5.41) is 18.5. The first-order valence-electron chi connectivity index (χ1n) is 5.39. The number of rotatable bonds is 4. The fourth-order valence-corrected chi connectivity index (χ4v) is 1.54. The molecule has 1 atom stereocenters. The zero-order chi connectivity index (χ0) is 13.9. The second kappa shape index (κ2) is 5.68.